The van der Waals surface area contributed by atoms with Crippen molar-refractivity contribution in [2.75, 3.05) is 0 Å². The number of carbonyl (C=O) groups is 1. The van der Waals surface area contributed by atoms with Gasteiger partial charge in [-0.3, -0.25) is 4.79 Å². The lowest BCUT2D eigenvalue weighted by molar-refractivity contribution is -0.122. The van der Waals surface area contributed by atoms with Crippen molar-refractivity contribution in [3.8, 4) is 0 Å². The summed E-state index contributed by atoms with van der Waals surface area (Å²) in [5.41, 5.74) is 2.11. The van der Waals surface area contributed by atoms with Gasteiger partial charge in [0.2, 0.25) is 0 Å². The summed E-state index contributed by atoms with van der Waals surface area (Å²) in [5, 5.41) is 0.673. The Hall–Kier alpha value is -2.27. The monoisotopic (exact) mass is 414 g/mol. The summed E-state index contributed by atoms with van der Waals surface area (Å²) in [4.78, 5) is 17.0. The summed E-state index contributed by atoms with van der Waals surface area (Å²) >= 11 is 5.91. The van der Waals surface area contributed by atoms with Crippen molar-refractivity contribution in [3.05, 3.63) is 64.9 Å². The van der Waals surface area contributed by atoms with E-state index < -0.39 is 11.6 Å². The summed E-state index contributed by atoms with van der Waals surface area (Å²) in [5.74, 6) is 0.0576. The average Bonchev–Trinajstić information content (AvgIpc) is 3.02. The van der Waals surface area contributed by atoms with Gasteiger partial charge in [0.05, 0.1) is 17.4 Å². The van der Waals surface area contributed by atoms with Crippen molar-refractivity contribution in [2.45, 2.75) is 32.2 Å². The van der Waals surface area contributed by atoms with Crippen LogP contribution in [-0.2, 0) is 11.2 Å². The van der Waals surface area contributed by atoms with Crippen molar-refractivity contribution >= 4 is 28.4 Å². The summed E-state index contributed by atoms with van der Waals surface area (Å²) in [6, 6.07) is 10.1. The molecule has 5 rings (SSSR count). The molecule has 1 heterocycles. The average molecular weight is 415 g/mol. The van der Waals surface area contributed by atoms with Gasteiger partial charge in [0.25, 0.3) is 0 Å². The summed E-state index contributed by atoms with van der Waals surface area (Å²) < 4.78 is 29.1. The van der Waals surface area contributed by atoms with Crippen LogP contribution in [0.2, 0.25) is 5.02 Å². The Kier molecular flexibility index (Phi) is 4.46. The maximum Gasteiger partial charge on any atom is 0.161 e. The number of hydrogen-bond donors (Lipinski definition) is 0. The van der Waals surface area contributed by atoms with Crippen LogP contribution in [0, 0.1) is 35.3 Å². The highest BCUT2D eigenvalue weighted by molar-refractivity contribution is 6.30. The Bertz CT molecular complexity index is 1080. The fraction of sp³-hybridized carbons (Fsp3) is 0.391. The highest BCUT2D eigenvalue weighted by Crippen LogP contribution is 2.64. The molecule has 1 aromatic heterocycles. The number of halogens is 3. The maximum atomic E-state index is 13.7. The van der Waals surface area contributed by atoms with Gasteiger partial charge in [-0.2, -0.15) is 0 Å². The minimum absolute atomic E-state index is 0.0349. The van der Waals surface area contributed by atoms with E-state index in [4.69, 9.17) is 11.6 Å². The highest BCUT2D eigenvalue weighted by Gasteiger charge is 2.59. The molecule has 3 aromatic rings. The van der Waals surface area contributed by atoms with Gasteiger partial charge in [0, 0.05) is 35.5 Å². The van der Waals surface area contributed by atoms with Crippen LogP contribution in [-0.4, -0.2) is 15.3 Å². The molecule has 0 spiro atoms. The summed E-state index contributed by atoms with van der Waals surface area (Å²) in [7, 11) is 0. The molecule has 3 nitrogen and oxygen atoms in total. The maximum absolute atomic E-state index is 13.7. The van der Waals surface area contributed by atoms with Crippen LogP contribution in [0.5, 0.6) is 0 Å². The van der Waals surface area contributed by atoms with Gasteiger partial charge in [0.15, 0.2) is 11.6 Å². The van der Waals surface area contributed by atoms with E-state index in [-0.39, 0.29) is 17.7 Å². The van der Waals surface area contributed by atoms with Crippen LogP contribution < -0.4 is 0 Å². The van der Waals surface area contributed by atoms with E-state index in [0.717, 1.165) is 24.5 Å². The predicted octanol–water partition coefficient (Wildman–Crippen LogP) is 5.61. The minimum atomic E-state index is -0.870. The second-order valence-corrected chi connectivity index (χ2v) is 8.93. The molecule has 2 aliphatic carbocycles. The molecular formula is C23H21ClF2N2O. The largest absolute Gasteiger partial charge is 0.327 e. The van der Waals surface area contributed by atoms with Crippen LogP contribution in [0.4, 0.5) is 8.78 Å². The molecule has 6 heteroatoms. The van der Waals surface area contributed by atoms with Crippen LogP contribution in [0.3, 0.4) is 0 Å². The first-order valence-corrected chi connectivity index (χ1v) is 10.4. The van der Waals surface area contributed by atoms with Crippen LogP contribution in [0.25, 0.3) is 11.0 Å². The number of hydrogen-bond acceptors (Lipinski definition) is 2. The second kappa shape index (κ2) is 6.91. The number of ketones is 1. The highest BCUT2D eigenvalue weighted by atomic mass is 35.5. The molecule has 2 aromatic carbocycles. The van der Waals surface area contributed by atoms with E-state index in [1.54, 1.807) is 6.33 Å². The van der Waals surface area contributed by atoms with Gasteiger partial charge in [-0.05, 0) is 48.3 Å². The van der Waals surface area contributed by atoms with Gasteiger partial charge in [-0.1, -0.05) is 30.7 Å². The Morgan fingerprint density at radius 2 is 1.83 bits per heavy atom. The number of benzene rings is 2. The van der Waals surface area contributed by atoms with Gasteiger partial charge in [0.1, 0.15) is 5.78 Å². The predicted molar refractivity (Wildman–Crippen MR) is 108 cm³/mol. The number of imidazole rings is 1. The number of fused-ring (bicyclic) bond motifs is 2. The topological polar surface area (TPSA) is 34.9 Å². The Morgan fingerprint density at radius 1 is 1.17 bits per heavy atom. The summed E-state index contributed by atoms with van der Waals surface area (Å²) in [6.07, 6.45) is 4.04. The van der Waals surface area contributed by atoms with Gasteiger partial charge in [-0.15, -0.1) is 0 Å². The third kappa shape index (κ3) is 3.25. The molecular weight excluding hydrogens is 394 g/mol. The fourth-order valence-corrected chi connectivity index (χ4v) is 5.45. The molecule has 0 bridgehead atoms. The van der Waals surface area contributed by atoms with Crippen molar-refractivity contribution in [1.29, 1.82) is 0 Å². The first-order chi connectivity index (χ1) is 13.9. The number of aromatic nitrogens is 2. The van der Waals surface area contributed by atoms with E-state index in [9.17, 15) is 13.6 Å². The van der Waals surface area contributed by atoms with Crippen LogP contribution in [0.15, 0.2) is 42.7 Å². The number of rotatable bonds is 5. The molecule has 5 atom stereocenters. The molecule has 2 saturated carbocycles. The van der Waals surface area contributed by atoms with E-state index in [1.807, 2.05) is 35.8 Å². The first kappa shape index (κ1) is 18.7. The molecule has 0 N–H and O–H groups in total. The third-order valence-corrected chi connectivity index (χ3v) is 7.13. The fourth-order valence-electron chi connectivity index (χ4n) is 5.32. The molecule has 2 fully saturated rings. The number of Topliss-reactive ketones (excluding diaryl/α,β-unsaturated/α-hetero) is 1. The lowest BCUT2D eigenvalue weighted by atomic mass is 9.90. The number of carbonyl (C=O) groups excluding carboxylic acids is 1. The van der Waals surface area contributed by atoms with Crippen molar-refractivity contribution in [3.63, 3.8) is 0 Å². The quantitative estimate of drug-likeness (QED) is 0.543. The van der Waals surface area contributed by atoms with Gasteiger partial charge < -0.3 is 4.57 Å². The van der Waals surface area contributed by atoms with E-state index >= 15 is 0 Å². The lowest BCUT2D eigenvalue weighted by Crippen LogP contribution is -2.19. The SMILES string of the molecule is C[C@@H](C(=O)Cc1ccc(Cl)cc1)C1[C@H]2CC(n3cnc4cc(F)c(F)cc43)C[C@@H]12. The molecule has 0 radical (unpaired) electrons. The first-order valence-electron chi connectivity index (χ1n) is 10.0. The van der Waals surface area contributed by atoms with E-state index in [0.29, 0.717) is 40.2 Å². The lowest BCUT2D eigenvalue weighted by Gasteiger charge is -2.19. The Labute approximate surface area is 172 Å². The van der Waals surface area contributed by atoms with Crippen molar-refractivity contribution < 1.29 is 13.6 Å². The normalized spacial score (nSPS) is 26.5. The van der Waals surface area contributed by atoms with E-state index in [2.05, 4.69) is 4.98 Å². The van der Waals surface area contributed by atoms with Crippen molar-refractivity contribution in [2.24, 2.45) is 23.7 Å². The zero-order valence-corrected chi connectivity index (χ0v) is 16.7. The van der Waals surface area contributed by atoms with Crippen LogP contribution in [0.1, 0.15) is 31.4 Å². The zero-order chi connectivity index (χ0) is 20.3. The minimum Gasteiger partial charge on any atom is -0.327 e. The standard InChI is InChI=1S/C23H21ClF2N2O/c1-12(22(29)6-13-2-4-14(24)5-3-13)23-16-7-15(8-17(16)23)28-11-27-20-9-18(25)19(26)10-21(20)28/h2-5,9-12,15-17,23H,6-8H2,1H3/t12-,15?,16-,17+,23?/m0/s1. The Morgan fingerprint density at radius 3 is 2.52 bits per heavy atom. The molecule has 0 amide bonds. The Balaban J connectivity index is 1.25. The molecule has 2 aliphatic rings. The molecule has 0 aliphatic heterocycles. The molecule has 29 heavy (non-hydrogen) atoms. The van der Waals surface area contributed by atoms with E-state index in [1.165, 1.54) is 6.07 Å². The van der Waals surface area contributed by atoms with Crippen LogP contribution >= 0.6 is 11.6 Å². The summed E-state index contributed by atoms with van der Waals surface area (Å²) in [6.45, 7) is 2.04. The smallest absolute Gasteiger partial charge is 0.161 e. The van der Waals surface area contributed by atoms with Gasteiger partial charge >= 0.3 is 0 Å². The van der Waals surface area contributed by atoms with Crippen molar-refractivity contribution in [1.82, 2.24) is 9.55 Å². The molecule has 0 saturated heterocycles. The number of nitrogens with zero attached hydrogens (tertiary/aromatic N) is 2. The molecule has 150 valence electrons. The molecule has 2 unspecified atom stereocenters. The zero-order valence-electron chi connectivity index (χ0n) is 16.0. The second-order valence-electron chi connectivity index (χ2n) is 8.50. The third-order valence-electron chi connectivity index (χ3n) is 6.87. The van der Waals surface area contributed by atoms with Gasteiger partial charge in [-0.25, -0.2) is 13.8 Å².